The second kappa shape index (κ2) is 25.2. The van der Waals surface area contributed by atoms with E-state index in [0.717, 1.165) is 19.3 Å². The number of unbranched alkanes of at least 4 members (excludes halogenated alkanes) is 14. The standard InChI is InChI=1S/C28H54NO10P/c1-3-5-6-7-8-9-10-11-12-13-14-15-16-17-18-20-26(30)36-21-24(39-27(31)19-4-2)22-37-40(34,35)38-23-25(29)28(32)33/h24-25H,3-23,29H2,1-2H3,(H,32,33)(H,34,35)/t24-,25+/m1/s1. The summed E-state index contributed by atoms with van der Waals surface area (Å²) in [6.07, 6.45) is 18.1. The van der Waals surface area contributed by atoms with Crippen LogP contribution >= 0.6 is 7.82 Å². The van der Waals surface area contributed by atoms with Gasteiger partial charge in [-0.25, -0.2) is 4.57 Å². The van der Waals surface area contributed by atoms with Crippen molar-refractivity contribution in [1.82, 2.24) is 0 Å². The molecule has 1 unspecified atom stereocenters. The van der Waals surface area contributed by atoms with Gasteiger partial charge >= 0.3 is 25.7 Å². The third kappa shape index (κ3) is 24.3. The van der Waals surface area contributed by atoms with Gasteiger partial charge in [0.1, 0.15) is 12.6 Å². The molecule has 0 aromatic carbocycles. The summed E-state index contributed by atoms with van der Waals surface area (Å²) in [6.45, 7) is 2.34. The Morgan fingerprint density at radius 3 is 1.62 bits per heavy atom. The average molecular weight is 596 g/mol. The van der Waals surface area contributed by atoms with Crippen LogP contribution < -0.4 is 5.73 Å². The lowest BCUT2D eigenvalue weighted by Gasteiger charge is -2.20. The summed E-state index contributed by atoms with van der Waals surface area (Å²) in [5, 5.41) is 8.73. The number of carboxylic acids is 1. The second-order valence-corrected chi connectivity index (χ2v) is 11.7. The molecular formula is C28H54NO10P. The minimum Gasteiger partial charge on any atom is -0.480 e. The minimum absolute atomic E-state index is 0.115. The zero-order valence-electron chi connectivity index (χ0n) is 24.7. The largest absolute Gasteiger partial charge is 0.480 e. The van der Waals surface area contributed by atoms with Crippen LogP contribution in [0.5, 0.6) is 0 Å². The molecule has 40 heavy (non-hydrogen) atoms. The smallest absolute Gasteiger partial charge is 0.472 e. The fourth-order valence-corrected chi connectivity index (χ4v) is 4.70. The number of phosphoric acid groups is 1. The van der Waals surface area contributed by atoms with Crippen molar-refractivity contribution in [3.05, 3.63) is 0 Å². The van der Waals surface area contributed by atoms with Gasteiger partial charge in [-0.05, 0) is 12.8 Å². The van der Waals surface area contributed by atoms with Gasteiger partial charge in [-0.3, -0.25) is 23.4 Å². The summed E-state index contributed by atoms with van der Waals surface area (Å²) < 4.78 is 31.7. The predicted molar refractivity (Wildman–Crippen MR) is 153 cm³/mol. The molecule has 0 aromatic heterocycles. The van der Waals surface area contributed by atoms with Gasteiger partial charge in [0.2, 0.25) is 0 Å². The van der Waals surface area contributed by atoms with Gasteiger partial charge in [-0.1, -0.05) is 104 Å². The van der Waals surface area contributed by atoms with Gasteiger partial charge in [0, 0.05) is 12.8 Å². The summed E-state index contributed by atoms with van der Waals surface area (Å²) in [5.41, 5.74) is 5.24. The van der Waals surface area contributed by atoms with Crippen molar-refractivity contribution >= 4 is 25.7 Å². The Morgan fingerprint density at radius 1 is 0.675 bits per heavy atom. The van der Waals surface area contributed by atoms with E-state index in [2.05, 4.69) is 11.4 Å². The van der Waals surface area contributed by atoms with Gasteiger partial charge in [0.15, 0.2) is 6.10 Å². The molecule has 0 saturated heterocycles. The van der Waals surface area contributed by atoms with Crippen molar-refractivity contribution < 1.29 is 47.5 Å². The molecule has 0 spiro atoms. The van der Waals surface area contributed by atoms with E-state index in [4.69, 9.17) is 24.8 Å². The third-order valence-electron chi connectivity index (χ3n) is 6.32. The third-order valence-corrected chi connectivity index (χ3v) is 7.28. The number of carboxylic acid groups (broad SMARTS) is 1. The SMILES string of the molecule is CCCCCCCCCCCCCCCCCC(=O)OC[C@H](COP(=O)(O)OC[C@H](N)C(=O)O)OC(=O)CCC. The Bertz CT molecular complexity index is 721. The van der Waals surface area contributed by atoms with Crippen LogP contribution in [0.15, 0.2) is 0 Å². The van der Waals surface area contributed by atoms with E-state index in [9.17, 15) is 23.8 Å². The molecular weight excluding hydrogens is 541 g/mol. The topological polar surface area (TPSA) is 172 Å². The predicted octanol–water partition coefficient (Wildman–Crippen LogP) is 6.05. The van der Waals surface area contributed by atoms with E-state index in [-0.39, 0.29) is 19.4 Å². The number of hydrogen-bond acceptors (Lipinski definition) is 9. The summed E-state index contributed by atoms with van der Waals surface area (Å²) in [4.78, 5) is 44.5. The lowest BCUT2D eigenvalue weighted by molar-refractivity contribution is -0.161. The highest BCUT2D eigenvalue weighted by atomic mass is 31.2. The van der Waals surface area contributed by atoms with E-state index < -0.39 is 51.1 Å². The molecule has 0 aliphatic heterocycles. The van der Waals surface area contributed by atoms with Crippen LogP contribution in [-0.4, -0.2) is 59.9 Å². The molecule has 0 amide bonds. The maximum Gasteiger partial charge on any atom is 0.472 e. The Morgan fingerprint density at radius 2 is 1.15 bits per heavy atom. The first kappa shape index (κ1) is 38.5. The van der Waals surface area contributed by atoms with Crippen LogP contribution in [0.2, 0.25) is 0 Å². The number of phosphoric ester groups is 1. The molecule has 12 heteroatoms. The maximum absolute atomic E-state index is 12.1. The second-order valence-electron chi connectivity index (χ2n) is 10.2. The number of aliphatic carboxylic acids is 1. The Hall–Kier alpha value is -1.52. The van der Waals surface area contributed by atoms with E-state index >= 15 is 0 Å². The van der Waals surface area contributed by atoms with Crippen molar-refractivity contribution in [3.8, 4) is 0 Å². The lowest BCUT2D eigenvalue weighted by atomic mass is 10.0. The number of hydrogen-bond donors (Lipinski definition) is 3. The van der Waals surface area contributed by atoms with E-state index in [0.29, 0.717) is 12.8 Å². The molecule has 236 valence electrons. The average Bonchev–Trinajstić information content (AvgIpc) is 2.91. The first-order valence-electron chi connectivity index (χ1n) is 15.1. The van der Waals surface area contributed by atoms with Crippen LogP contribution in [0.3, 0.4) is 0 Å². The first-order valence-corrected chi connectivity index (χ1v) is 16.6. The molecule has 11 nitrogen and oxygen atoms in total. The van der Waals surface area contributed by atoms with Crippen LogP contribution in [0, 0.1) is 0 Å². The molecule has 0 fully saturated rings. The van der Waals surface area contributed by atoms with Crippen LogP contribution in [0.1, 0.15) is 129 Å². The quantitative estimate of drug-likeness (QED) is 0.0546. The highest BCUT2D eigenvalue weighted by Gasteiger charge is 2.28. The fraction of sp³-hybridized carbons (Fsp3) is 0.893. The Labute approximate surface area is 240 Å². The molecule has 0 saturated carbocycles. The summed E-state index contributed by atoms with van der Waals surface area (Å²) in [7, 11) is -4.67. The molecule has 0 bridgehead atoms. The van der Waals surface area contributed by atoms with Gasteiger partial charge in [0.05, 0.1) is 13.2 Å². The first-order chi connectivity index (χ1) is 19.1. The molecule has 0 rings (SSSR count). The lowest BCUT2D eigenvalue weighted by Crippen LogP contribution is -2.34. The summed E-state index contributed by atoms with van der Waals surface area (Å²) in [5.74, 6) is -2.44. The maximum atomic E-state index is 12.1. The zero-order valence-corrected chi connectivity index (χ0v) is 25.6. The minimum atomic E-state index is -4.67. The molecule has 0 heterocycles. The molecule has 0 aliphatic rings. The van der Waals surface area contributed by atoms with Crippen LogP contribution in [0.25, 0.3) is 0 Å². The highest BCUT2D eigenvalue weighted by Crippen LogP contribution is 2.43. The van der Waals surface area contributed by atoms with E-state index in [1.165, 1.54) is 70.6 Å². The number of rotatable bonds is 28. The van der Waals surface area contributed by atoms with E-state index in [1.54, 1.807) is 6.92 Å². The number of esters is 2. The van der Waals surface area contributed by atoms with E-state index in [1.807, 2.05) is 0 Å². The normalized spacial score (nSPS) is 14.3. The van der Waals surface area contributed by atoms with Crippen molar-refractivity contribution in [2.24, 2.45) is 5.73 Å². The Kier molecular flexibility index (Phi) is 24.3. The number of carbonyl (C=O) groups is 3. The van der Waals surface area contributed by atoms with Crippen molar-refractivity contribution in [2.75, 3.05) is 19.8 Å². The number of nitrogens with two attached hydrogens (primary N) is 1. The summed E-state index contributed by atoms with van der Waals surface area (Å²) >= 11 is 0. The van der Waals surface area contributed by atoms with Crippen molar-refractivity contribution in [3.63, 3.8) is 0 Å². The zero-order chi connectivity index (χ0) is 30.1. The molecule has 3 atom stereocenters. The molecule has 0 aliphatic carbocycles. The van der Waals surface area contributed by atoms with Gasteiger partial charge in [-0.2, -0.15) is 0 Å². The van der Waals surface area contributed by atoms with Gasteiger partial charge in [0.25, 0.3) is 0 Å². The monoisotopic (exact) mass is 595 g/mol. The van der Waals surface area contributed by atoms with Crippen LogP contribution in [-0.2, 0) is 37.5 Å². The van der Waals surface area contributed by atoms with Gasteiger partial charge in [-0.15, -0.1) is 0 Å². The van der Waals surface area contributed by atoms with Crippen molar-refractivity contribution in [2.45, 2.75) is 142 Å². The van der Waals surface area contributed by atoms with Crippen molar-refractivity contribution in [1.29, 1.82) is 0 Å². The van der Waals surface area contributed by atoms with Gasteiger partial charge < -0.3 is 25.2 Å². The molecule has 0 aromatic rings. The number of carbonyl (C=O) groups excluding carboxylic acids is 2. The number of ether oxygens (including phenoxy) is 2. The summed E-state index contributed by atoms with van der Waals surface area (Å²) in [6, 6.07) is -1.51. The highest BCUT2D eigenvalue weighted by molar-refractivity contribution is 7.47. The van der Waals surface area contributed by atoms with Crippen LogP contribution in [0.4, 0.5) is 0 Å². The molecule has 0 radical (unpaired) electrons. The Balaban J connectivity index is 4.08. The fourth-order valence-electron chi connectivity index (χ4n) is 3.92. The molecule has 4 N–H and O–H groups in total.